The van der Waals surface area contributed by atoms with Crippen molar-refractivity contribution >= 4 is 16.7 Å². The van der Waals surface area contributed by atoms with Crippen molar-refractivity contribution in [3.05, 3.63) is 5.82 Å². The molecule has 0 saturated carbocycles. The number of hydrogen-bond acceptors (Lipinski definition) is 4. The summed E-state index contributed by atoms with van der Waals surface area (Å²) in [4.78, 5) is 4.29. The van der Waals surface area contributed by atoms with Crippen LogP contribution in [0.2, 0.25) is 0 Å². The maximum atomic E-state index is 5.23. The van der Waals surface area contributed by atoms with Crippen LogP contribution >= 0.6 is 11.5 Å². The van der Waals surface area contributed by atoms with Crippen LogP contribution in [-0.2, 0) is 6.42 Å². The highest BCUT2D eigenvalue weighted by atomic mass is 32.1. The molecule has 1 aromatic heterocycles. The monoisotopic (exact) mass is 195 g/mol. The van der Waals surface area contributed by atoms with E-state index in [0.29, 0.717) is 0 Å². The van der Waals surface area contributed by atoms with Crippen molar-refractivity contribution in [2.75, 3.05) is 5.32 Å². The molecule has 0 saturated heterocycles. The smallest absolute Gasteiger partial charge is 0.203 e. The number of aryl methyl sites for hydroxylation is 1. The van der Waals surface area contributed by atoms with Gasteiger partial charge in [-0.05, 0) is 13.3 Å². The Balaban J connectivity index is 2.54. The third-order valence-corrected chi connectivity index (χ3v) is 2.22. The van der Waals surface area contributed by atoms with Crippen LogP contribution in [-0.4, -0.2) is 15.4 Å². The second-order valence-corrected chi connectivity index (χ2v) is 3.55. The molecule has 0 spiro atoms. The van der Waals surface area contributed by atoms with Crippen molar-refractivity contribution < 1.29 is 0 Å². The molecule has 1 atom stereocenters. The Morgan fingerprint density at radius 2 is 2.46 bits per heavy atom. The Hall–Kier alpha value is -1.08. The third kappa shape index (κ3) is 3.03. The normalized spacial score (nSPS) is 12.1. The van der Waals surface area contributed by atoms with E-state index in [1.165, 1.54) is 11.5 Å². The van der Waals surface area contributed by atoms with Crippen molar-refractivity contribution in [2.45, 2.75) is 32.7 Å². The minimum atomic E-state index is 0.0161. The lowest BCUT2D eigenvalue weighted by Gasteiger charge is -2.02. The Morgan fingerprint density at radius 1 is 1.69 bits per heavy atom. The minimum Gasteiger partial charge on any atom is -0.347 e. The number of anilines is 1. The molecule has 0 fully saturated rings. The highest BCUT2D eigenvalue weighted by Gasteiger charge is 2.04. The van der Waals surface area contributed by atoms with Gasteiger partial charge < -0.3 is 5.32 Å². The van der Waals surface area contributed by atoms with Crippen LogP contribution in [0.25, 0.3) is 0 Å². The molecule has 0 radical (unpaired) electrons. The number of aromatic nitrogens is 2. The van der Waals surface area contributed by atoms with Gasteiger partial charge in [0, 0.05) is 18.0 Å². The zero-order valence-corrected chi connectivity index (χ0v) is 8.69. The number of terminal acetylenes is 1. The fourth-order valence-corrected chi connectivity index (χ4v) is 1.56. The molecule has 1 aromatic rings. The van der Waals surface area contributed by atoms with Gasteiger partial charge in [0.15, 0.2) is 0 Å². The molecule has 1 heterocycles. The standard InChI is InChI=1S/C9H13N3S/c1-4-6-8-11-9(13-12-8)10-7(3)5-2/h2,7H,4,6H2,1,3H3,(H,10,11,12). The van der Waals surface area contributed by atoms with Crippen LogP contribution in [0.5, 0.6) is 0 Å². The van der Waals surface area contributed by atoms with E-state index in [4.69, 9.17) is 6.42 Å². The molecule has 70 valence electrons. The highest BCUT2D eigenvalue weighted by Crippen LogP contribution is 2.12. The Morgan fingerprint density at radius 3 is 3.08 bits per heavy atom. The molecule has 0 aliphatic carbocycles. The average molecular weight is 195 g/mol. The first-order valence-corrected chi connectivity index (χ1v) is 5.08. The van der Waals surface area contributed by atoms with E-state index in [1.807, 2.05) is 6.92 Å². The summed E-state index contributed by atoms with van der Waals surface area (Å²) in [6.07, 6.45) is 7.23. The molecule has 13 heavy (non-hydrogen) atoms. The molecule has 0 bridgehead atoms. The molecule has 1 N–H and O–H groups in total. The summed E-state index contributed by atoms with van der Waals surface area (Å²) in [6, 6.07) is 0.0161. The number of nitrogens with one attached hydrogen (secondary N) is 1. The lowest BCUT2D eigenvalue weighted by Crippen LogP contribution is -2.11. The fraction of sp³-hybridized carbons (Fsp3) is 0.556. The molecule has 0 amide bonds. The van der Waals surface area contributed by atoms with Gasteiger partial charge in [-0.2, -0.15) is 4.37 Å². The average Bonchev–Trinajstić information content (AvgIpc) is 2.53. The van der Waals surface area contributed by atoms with Crippen molar-refractivity contribution in [3.8, 4) is 12.3 Å². The van der Waals surface area contributed by atoms with E-state index < -0.39 is 0 Å². The second-order valence-electron chi connectivity index (χ2n) is 2.80. The van der Waals surface area contributed by atoms with Gasteiger partial charge >= 0.3 is 0 Å². The van der Waals surface area contributed by atoms with Gasteiger partial charge in [-0.15, -0.1) is 6.42 Å². The van der Waals surface area contributed by atoms with Crippen molar-refractivity contribution in [1.29, 1.82) is 0 Å². The molecule has 4 heteroatoms. The lowest BCUT2D eigenvalue weighted by atomic mass is 10.3. The van der Waals surface area contributed by atoms with Crippen LogP contribution in [0, 0.1) is 12.3 Å². The zero-order chi connectivity index (χ0) is 9.68. The zero-order valence-electron chi connectivity index (χ0n) is 7.87. The van der Waals surface area contributed by atoms with Gasteiger partial charge in [-0.25, -0.2) is 4.98 Å². The topological polar surface area (TPSA) is 37.8 Å². The van der Waals surface area contributed by atoms with Crippen LogP contribution < -0.4 is 5.32 Å². The fourth-order valence-electron chi connectivity index (χ4n) is 0.865. The summed E-state index contributed by atoms with van der Waals surface area (Å²) in [5, 5.41) is 3.89. The molecule has 1 unspecified atom stereocenters. The van der Waals surface area contributed by atoms with Gasteiger partial charge in [0.1, 0.15) is 5.82 Å². The molecule has 0 aromatic carbocycles. The van der Waals surface area contributed by atoms with E-state index in [9.17, 15) is 0 Å². The van der Waals surface area contributed by atoms with Crippen molar-refractivity contribution in [2.24, 2.45) is 0 Å². The second kappa shape index (κ2) is 4.83. The van der Waals surface area contributed by atoms with Gasteiger partial charge in [0.05, 0.1) is 6.04 Å². The molecule has 0 aliphatic rings. The molecule has 0 aliphatic heterocycles. The first-order chi connectivity index (χ1) is 6.26. The van der Waals surface area contributed by atoms with Gasteiger partial charge in [-0.1, -0.05) is 12.8 Å². The predicted octanol–water partition coefficient (Wildman–Crippen LogP) is 1.92. The maximum absolute atomic E-state index is 5.23. The van der Waals surface area contributed by atoms with Crippen molar-refractivity contribution in [3.63, 3.8) is 0 Å². The Bertz CT molecular complexity index is 300. The van der Waals surface area contributed by atoms with Crippen LogP contribution in [0.1, 0.15) is 26.1 Å². The Labute approximate surface area is 82.8 Å². The number of nitrogens with zero attached hydrogens (tertiary/aromatic N) is 2. The quantitative estimate of drug-likeness (QED) is 0.746. The largest absolute Gasteiger partial charge is 0.347 e. The summed E-state index contributed by atoms with van der Waals surface area (Å²) in [6.45, 7) is 4.03. The van der Waals surface area contributed by atoms with Crippen LogP contribution in [0.3, 0.4) is 0 Å². The molecule has 3 nitrogen and oxygen atoms in total. The third-order valence-electron chi connectivity index (χ3n) is 1.53. The summed E-state index contributed by atoms with van der Waals surface area (Å²) >= 11 is 1.37. The summed E-state index contributed by atoms with van der Waals surface area (Å²) in [5.41, 5.74) is 0. The van der Waals surface area contributed by atoms with Crippen molar-refractivity contribution in [1.82, 2.24) is 9.36 Å². The van der Waals surface area contributed by atoms with Gasteiger partial charge in [0.25, 0.3) is 0 Å². The van der Waals surface area contributed by atoms with Crippen LogP contribution in [0.15, 0.2) is 0 Å². The maximum Gasteiger partial charge on any atom is 0.203 e. The number of hydrogen-bond donors (Lipinski definition) is 1. The Kier molecular flexibility index (Phi) is 3.71. The van der Waals surface area contributed by atoms with Gasteiger partial charge in [-0.3, -0.25) is 0 Å². The molecular weight excluding hydrogens is 182 g/mol. The summed E-state index contributed by atoms with van der Waals surface area (Å²) < 4.78 is 4.19. The van der Waals surface area contributed by atoms with E-state index in [0.717, 1.165) is 23.8 Å². The van der Waals surface area contributed by atoms with E-state index in [-0.39, 0.29) is 6.04 Å². The molecular formula is C9H13N3S. The van der Waals surface area contributed by atoms with E-state index in [2.05, 4.69) is 27.5 Å². The highest BCUT2D eigenvalue weighted by molar-refractivity contribution is 7.09. The van der Waals surface area contributed by atoms with E-state index >= 15 is 0 Å². The summed E-state index contributed by atoms with van der Waals surface area (Å²) in [7, 11) is 0. The lowest BCUT2D eigenvalue weighted by molar-refractivity contribution is 0.860. The SMILES string of the molecule is C#CC(C)Nc1nc(CCC)ns1. The molecule has 1 rings (SSSR count). The predicted molar refractivity (Wildman–Crippen MR) is 55.8 cm³/mol. The minimum absolute atomic E-state index is 0.0161. The first-order valence-electron chi connectivity index (χ1n) is 4.31. The van der Waals surface area contributed by atoms with Gasteiger partial charge in [0.2, 0.25) is 5.13 Å². The van der Waals surface area contributed by atoms with E-state index in [1.54, 1.807) is 0 Å². The first kappa shape index (κ1) is 10.0. The summed E-state index contributed by atoms with van der Waals surface area (Å²) in [5.74, 6) is 3.48. The van der Waals surface area contributed by atoms with Crippen LogP contribution in [0.4, 0.5) is 5.13 Å². The number of rotatable bonds is 4.